The van der Waals surface area contributed by atoms with E-state index in [-0.39, 0.29) is 0 Å². The predicted molar refractivity (Wildman–Crippen MR) is 116 cm³/mol. The highest BCUT2D eigenvalue weighted by molar-refractivity contribution is 5.71. The van der Waals surface area contributed by atoms with E-state index in [9.17, 15) is 0 Å². The second-order valence-electron chi connectivity index (χ2n) is 7.87. The van der Waals surface area contributed by atoms with Crippen molar-refractivity contribution in [3.8, 4) is 11.1 Å². The van der Waals surface area contributed by atoms with E-state index in [0.29, 0.717) is 12.0 Å². The highest BCUT2D eigenvalue weighted by Gasteiger charge is 2.25. The van der Waals surface area contributed by atoms with Crippen molar-refractivity contribution in [1.82, 2.24) is 4.90 Å². The van der Waals surface area contributed by atoms with Crippen LogP contribution in [-0.4, -0.2) is 24.7 Å². The average molecular weight is 372 g/mol. The Morgan fingerprint density at radius 3 is 2.32 bits per heavy atom. The van der Waals surface area contributed by atoms with E-state index in [1.54, 1.807) is 0 Å². The third-order valence-corrected chi connectivity index (χ3v) is 5.69. The van der Waals surface area contributed by atoms with Gasteiger partial charge in [0, 0.05) is 13.1 Å². The molecule has 28 heavy (non-hydrogen) atoms. The molecule has 0 amide bonds. The first-order valence-electron chi connectivity index (χ1n) is 10.3. The zero-order chi connectivity index (χ0) is 19.3. The first kappa shape index (κ1) is 18.9. The van der Waals surface area contributed by atoms with Gasteiger partial charge in [0.1, 0.15) is 0 Å². The van der Waals surface area contributed by atoms with Gasteiger partial charge in [-0.2, -0.15) is 0 Å². The van der Waals surface area contributed by atoms with Gasteiger partial charge in [0.05, 0.1) is 19.3 Å². The van der Waals surface area contributed by atoms with Gasteiger partial charge in [-0.1, -0.05) is 92.7 Å². The van der Waals surface area contributed by atoms with Gasteiger partial charge in [-0.3, -0.25) is 4.90 Å². The fraction of sp³-hybridized carbons (Fsp3) is 0.308. The number of ether oxygens (including phenoxy) is 1. The summed E-state index contributed by atoms with van der Waals surface area (Å²) < 4.78 is 5.83. The highest BCUT2D eigenvalue weighted by atomic mass is 16.5. The molecule has 144 valence electrons. The molecule has 0 spiro atoms. The maximum absolute atomic E-state index is 5.83. The van der Waals surface area contributed by atoms with Crippen molar-refractivity contribution in [2.24, 2.45) is 0 Å². The third kappa shape index (κ3) is 4.04. The van der Waals surface area contributed by atoms with Gasteiger partial charge in [-0.25, -0.2) is 0 Å². The first-order chi connectivity index (χ1) is 13.7. The molecule has 3 aromatic carbocycles. The van der Waals surface area contributed by atoms with Gasteiger partial charge >= 0.3 is 0 Å². The van der Waals surface area contributed by atoms with Gasteiger partial charge in [0.2, 0.25) is 0 Å². The molecule has 2 heteroatoms. The van der Waals surface area contributed by atoms with Crippen LogP contribution >= 0.6 is 0 Å². The number of benzene rings is 3. The molecule has 3 aromatic rings. The standard InChI is InChI=1S/C26H29NO/c1-20(2)23-13-8-9-15-25(23)24-14-7-6-12-22(24)18-27-16-17-28-19-26(27)21-10-4-3-5-11-21/h3-15,20,26H,16-19H2,1-2H3. The zero-order valence-electron chi connectivity index (χ0n) is 16.8. The molecule has 0 aliphatic carbocycles. The molecule has 1 heterocycles. The summed E-state index contributed by atoms with van der Waals surface area (Å²) in [6.07, 6.45) is 0. The minimum Gasteiger partial charge on any atom is -0.378 e. The molecule has 1 atom stereocenters. The normalized spacial score (nSPS) is 17.8. The molecule has 0 bridgehead atoms. The van der Waals surface area contributed by atoms with Crippen LogP contribution in [0.25, 0.3) is 11.1 Å². The number of morpholine rings is 1. The van der Waals surface area contributed by atoms with Crippen LogP contribution in [0.5, 0.6) is 0 Å². The first-order valence-corrected chi connectivity index (χ1v) is 10.3. The zero-order valence-corrected chi connectivity index (χ0v) is 16.8. The summed E-state index contributed by atoms with van der Waals surface area (Å²) in [4.78, 5) is 2.57. The Bertz CT molecular complexity index is 903. The van der Waals surface area contributed by atoms with E-state index in [1.165, 1.54) is 27.8 Å². The van der Waals surface area contributed by atoms with Crippen molar-refractivity contribution in [2.75, 3.05) is 19.8 Å². The number of hydrogen-bond donors (Lipinski definition) is 0. The molecule has 0 radical (unpaired) electrons. The fourth-order valence-electron chi connectivity index (χ4n) is 4.19. The van der Waals surface area contributed by atoms with Gasteiger partial charge in [0.15, 0.2) is 0 Å². The van der Waals surface area contributed by atoms with E-state index < -0.39 is 0 Å². The number of rotatable bonds is 5. The summed E-state index contributed by atoms with van der Waals surface area (Å²) in [5, 5.41) is 0. The molecule has 4 rings (SSSR count). The Morgan fingerprint density at radius 1 is 0.857 bits per heavy atom. The SMILES string of the molecule is CC(C)c1ccccc1-c1ccccc1CN1CCOCC1c1ccccc1. The predicted octanol–water partition coefficient (Wildman–Crippen LogP) is 6.05. The van der Waals surface area contributed by atoms with E-state index in [1.807, 2.05) is 0 Å². The lowest BCUT2D eigenvalue weighted by atomic mass is 9.90. The van der Waals surface area contributed by atoms with Crippen molar-refractivity contribution in [3.63, 3.8) is 0 Å². The van der Waals surface area contributed by atoms with Crippen LogP contribution in [0.1, 0.15) is 42.5 Å². The lowest BCUT2D eigenvalue weighted by Gasteiger charge is -2.36. The van der Waals surface area contributed by atoms with Crippen molar-refractivity contribution in [2.45, 2.75) is 32.4 Å². The second-order valence-corrected chi connectivity index (χ2v) is 7.87. The molecular weight excluding hydrogens is 342 g/mol. The highest BCUT2D eigenvalue weighted by Crippen LogP contribution is 2.33. The third-order valence-electron chi connectivity index (χ3n) is 5.69. The maximum atomic E-state index is 5.83. The Kier molecular flexibility index (Phi) is 5.90. The second kappa shape index (κ2) is 8.72. The van der Waals surface area contributed by atoms with E-state index in [4.69, 9.17) is 4.74 Å². The summed E-state index contributed by atoms with van der Waals surface area (Å²) in [6, 6.07) is 28.8. The quantitative estimate of drug-likeness (QED) is 0.541. The van der Waals surface area contributed by atoms with Gasteiger partial charge < -0.3 is 4.74 Å². The van der Waals surface area contributed by atoms with Crippen LogP contribution in [0, 0.1) is 0 Å². The minimum atomic E-state index is 0.309. The summed E-state index contributed by atoms with van der Waals surface area (Å²) in [5.41, 5.74) is 6.85. The molecule has 1 unspecified atom stereocenters. The summed E-state index contributed by atoms with van der Waals surface area (Å²) in [5.74, 6) is 0.504. The largest absolute Gasteiger partial charge is 0.378 e. The Labute approximate surface area is 168 Å². The van der Waals surface area contributed by atoms with Crippen LogP contribution in [0.3, 0.4) is 0 Å². The smallest absolute Gasteiger partial charge is 0.0664 e. The molecule has 1 saturated heterocycles. The van der Waals surface area contributed by atoms with Crippen LogP contribution in [0.2, 0.25) is 0 Å². The minimum absolute atomic E-state index is 0.309. The molecular formula is C26H29NO. The summed E-state index contributed by atoms with van der Waals surface area (Å²) in [7, 11) is 0. The number of hydrogen-bond acceptors (Lipinski definition) is 2. The van der Waals surface area contributed by atoms with E-state index >= 15 is 0 Å². The lowest BCUT2D eigenvalue weighted by molar-refractivity contribution is -0.0126. The molecule has 1 aliphatic rings. The molecule has 2 nitrogen and oxygen atoms in total. The summed E-state index contributed by atoms with van der Waals surface area (Å²) in [6.45, 7) is 8.00. The molecule has 1 fully saturated rings. The maximum Gasteiger partial charge on any atom is 0.0664 e. The van der Waals surface area contributed by atoms with Gasteiger partial charge in [-0.05, 0) is 33.7 Å². The molecule has 1 aliphatic heterocycles. The Balaban J connectivity index is 1.67. The van der Waals surface area contributed by atoms with Crippen LogP contribution in [0.15, 0.2) is 78.9 Å². The fourth-order valence-corrected chi connectivity index (χ4v) is 4.19. The van der Waals surface area contributed by atoms with Crippen LogP contribution in [0.4, 0.5) is 0 Å². The molecule has 0 saturated carbocycles. The van der Waals surface area contributed by atoms with Crippen molar-refractivity contribution in [1.29, 1.82) is 0 Å². The van der Waals surface area contributed by atoms with Crippen molar-refractivity contribution in [3.05, 3.63) is 95.6 Å². The van der Waals surface area contributed by atoms with Crippen molar-refractivity contribution < 1.29 is 4.74 Å². The Morgan fingerprint density at radius 2 is 1.54 bits per heavy atom. The monoisotopic (exact) mass is 371 g/mol. The Hall–Kier alpha value is -2.42. The summed E-state index contributed by atoms with van der Waals surface area (Å²) >= 11 is 0. The molecule has 0 aromatic heterocycles. The van der Waals surface area contributed by atoms with E-state index in [2.05, 4.69) is 97.6 Å². The average Bonchev–Trinajstić information content (AvgIpc) is 2.75. The van der Waals surface area contributed by atoms with Gasteiger partial charge in [-0.15, -0.1) is 0 Å². The van der Waals surface area contributed by atoms with Crippen LogP contribution < -0.4 is 0 Å². The number of nitrogens with zero attached hydrogens (tertiary/aromatic N) is 1. The van der Waals surface area contributed by atoms with Gasteiger partial charge in [0.25, 0.3) is 0 Å². The topological polar surface area (TPSA) is 12.5 Å². The van der Waals surface area contributed by atoms with E-state index in [0.717, 1.165) is 26.3 Å². The van der Waals surface area contributed by atoms with Crippen LogP contribution in [-0.2, 0) is 11.3 Å². The van der Waals surface area contributed by atoms with Crippen molar-refractivity contribution >= 4 is 0 Å². The lowest BCUT2D eigenvalue weighted by Crippen LogP contribution is -2.39. The molecule has 0 N–H and O–H groups in total.